The molecule has 1 aliphatic heterocycles. The maximum absolute atomic E-state index is 13.8. The fraction of sp³-hybridized carbons (Fsp3) is 0.348. The summed E-state index contributed by atoms with van der Waals surface area (Å²) in [5.41, 5.74) is 1.71. The summed E-state index contributed by atoms with van der Waals surface area (Å²) in [5.74, 6) is 0.426. The third-order valence-corrected chi connectivity index (χ3v) is 4.94. The first-order valence-corrected chi connectivity index (χ1v) is 10.1. The minimum atomic E-state index is -0.289. The second kappa shape index (κ2) is 11.3. The lowest BCUT2D eigenvalue weighted by Gasteiger charge is -2.35. The molecule has 2 N–H and O–H groups in total. The number of benzene rings is 2. The van der Waals surface area contributed by atoms with E-state index < -0.39 is 0 Å². The van der Waals surface area contributed by atoms with Crippen LogP contribution in [0.4, 0.5) is 9.18 Å². The van der Waals surface area contributed by atoms with Crippen LogP contribution in [0.2, 0.25) is 0 Å². The molecule has 6 nitrogen and oxygen atoms in total. The van der Waals surface area contributed by atoms with Crippen molar-refractivity contribution in [2.24, 2.45) is 0 Å². The summed E-state index contributed by atoms with van der Waals surface area (Å²) in [6.07, 6.45) is 1.68. The summed E-state index contributed by atoms with van der Waals surface area (Å²) in [5, 5.41) is 5.78. The molecular weight excluding hydrogens is 385 g/mol. The highest BCUT2D eigenvalue weighted by molar-refractivity contribution is 5.74. The topological polar surface area (TPSA) is 62.8 Å². The van der Waals surface area contributed by atoms with E-state index >= 15 is 0 Å². The Bertz CT molecular complexity index is 840. The molecule has 7 heteroatoms. The first kappa shape index (κ1) is 21.8. The molecule has 2 aromatic rings. The minimum absolute atomic E-state index is 0.126. The molecule has 3 rings (SSSR count). The highest BCUT2D eigenvalue weighted by Crippen LogP contribution is 2.22. The van der Waals surface area contributed by atoms with Gasteiger partial charge in [0, 0.05) is 31.7 Å². The van der Waals surface area contributed by atoms with Crippen molar-refractivity contribution in [2.75, 3.05) is 39.5 Å². The standard InChI is InChI=1S/C23H28FN3O3/c1-2-12-30-22-9-4-3-6-19(22)16-25-23(28)26-17-21(27-10-13-29-14-11-27)18-7-5-8-20(24)15-18/h2-9,15,21H,1,10-14,16-17H2,(H2,25,26,28). The third-order valence-electron chi connectivity index (χ3n) is 4.94. The van der Waals surface area contributed by atoms with Crippen LogP contribution in [-0.4, -0.2) is 50.4 Å². The van der Waals surface area contributed by atoms with Gasteiger partial charge in [0.05, 0.1) is 19.3 Å². The number of hydrogen-bond donors (Lipinski definition) is 2. The lowest BCUT2D eigenvalue weighted by Crippen LogP contribution is -2.45. The van der Waals surface area contributed by atoms with Gasteiger partial charge in [-0.05, 0) is 23.8 Å². The van der Waals surface area contributed by atoms with Gasteiger partial charge in [-0.3, -0.25) is 4.90 Å². The number of carbonyl (C=O) groups is 1. The number of halogens is 1. The van der Waals surface area contributed by atoms with Gasteiger partial charge in [-0.15, -0.1) is 0 Å². The van der Waals surface area contributed by atoms with E-state index in [4.69, 9.17) is 9.47 Å². The van der Waals surface area contributed by atoms with Crippen LogP contribution in [0.25, 0.3) is 0 Å². The molecule has 1 saturated heterocycles. The number of nitrogens with zero attached hydrogens (tertiary/aromatic N) is 1. The van der Waals surface area contributed by atoms with Gasteiger partial charge in [0.25, 0.3) is 0 Å². The molecule has 2 aromatic carbocycles. The second-order valence-electron chi connectivity index (χ2n) is 6.99. The number of rotatable bonds is 9. The van der Waals surface area contributed by atoms with Gasteiger partial charge in [0.15, 0.2) is 0 Å². The van der Waals surface area contributed by atoms with Gasteiger partial charge in [-0.25, -0.2) is 9.18 Å². The molecule has 0 aromatic heterocycles. The van der Waals surface area contributed by atoms with Gasteiger partial charge in [0.1, 0.15) is 18.2 Å². The maximum atomic E-state index is 13.8. The van der Waals surface area contributed by atoms with E-state index in [-0.39, 0.29) is 17.9 Å². The van der Waals surface area contributed by atoms with Crippen molar-refractivity contribution < 1.29 is 18.7 Å². The van der Waals surface area contributed by atoms with Crippen molar-refractivity contribution in [2.45, 2.75) is 12.6 Å². The molecule has 0 spiro atoms. The Kier molecular flexibility index (Phi) is 8.23. The van der Waals surface area contributed by atoms with Crippen LogP contribution in [0.3, 0.4) is 0 Å². The Morgan fingerprint density at radius 3 is 2.77 bits per heavy atom. The normalized spacial score (nSPS) is 15.2. The summed E-state index contributed by atoms with van der Waals surface area (Å²) in [7, 11) is 0. The zero-order chi connectivity index (χ0) is 21.2. The van der Waals surface area contributed by atoms with E-state index in [1.165, 1.54) is 12.1 Å². The van der Waals surface area contributed by atoms with Crippen LogP contribution >= 0.6 is 0 Å². The van der Waals surface area contributed by atoms with Crippen molar-refractivity contribution in [3.8, 4) is 5.75 Å². The average Bonchev–Trinajstić information content (AvgIpc) is 2.78. The molecule has 1 heterocycles. The summed E-state index contributed by atoms with van der Waals surface area (Å²) in [4.78, 5) is 14.6. The monoisotopic (exact) mass is 413 g/mol. The van der Waals surface area contributed by atoms with Crippen LogP contribution < -0.4 is 15.4 Å². The van der Waals surface area contributed by atoms with Crippen LogP contribution in [0.5, 0.6) is 5.75 Å². The van der Waals surface area contributed by atoms with Crippen molar-refractivity contribution in [3.05, 3.63) is 78.1 Å². The number of para-hydroxylation sites is 1. The summed E-state index contributed by atoms with van der Waals surface area (Å²) in [6.45, 7) is 7.47. The van der Waals surface area contributed by atoms with Gasteiger partial charge in [-0.1, -0.05) is 43.0 Å². The number of urea groups is 1. The molecule has 1 atom stereocenters. The number of nitrogens with one attached hydrogen (secondary N) is 2. The van der Waals surface area contributed by atoms with E-state index in [1.807, 2.05) is 30.3 Å². The highest BCUT2D eigenvalue weighted by atomic mass is 19.1. The van der Waals surface area contributed by atoms with Crippen molar-refractivity contribution in [1.29, 1.82) is 0 Å². The first-order chi connectivity index (χ1) is 14.7. The molecule has 1 fully saturated rings. The summed E-state index contributed by atoms with van der Waals surface area (Å²) in [6, 6.07) is 13.6. The van der Waals surface area contributed by atoms with Gasteiger partial charge in [0.2, 0.25) is 0 Å². The predicted molar refractivity (Wildman–Crippen MR) is 114 cm³/mol. The number of amides is 2. The number of morpholine rings is 1. The number of ether oxygens (including phenoxy) is 2. The minimum Gasteiger partial charge on any atom is -0.489 e. The van der Waals surface area contributed by atoms with Crippen LogP contribution in [0.15, 0.2) is 61.2 Å². The Morgan fingerprint density at radius 1 is 1.20 bits per heavy atom. The van der Waals surface area contributed by atoms with E-state index in [9.17, 15) is 9.18 Å². The van der Waals surface area contributed by atoms with Crippen LogP contribution in [0, 0.1) is 5.82 Å². The molecule has 1 unspecified atom stereocenters. The maximum Gasteiger partial charge on any atom is 0.315 e. The first-order valence-electron chi connectivity index (χ1n) is 10.1. The Morgan fingerprint density at radius 2 is 2.00 bits per heavy atom. The van der Waals surface area contributed by atoms with E-state index in [0.717, 1.165) is 24.2 Å². The lowest BCUT2D eigenvalue weighted by molar-refractivity contribution is 0.0166. The van der Waals surface area contributed by atoms with E-state index in [1.54, 1.807) is 12.1 Å². The quantitative estimate of drug-likeness (QED) is 0.620. The molecule has 0 radical (unpaired) electrons. The number of hydrogen-bond acceptors (Lipinski definition) is 4. The summed E-state index contributed by atoms with van der Waals surface area (Å²) < 4.78 is 24.8. The van der Waals surface area contributed by atoms with Crippen LogP contribution in [0.1, 0.15) is 17.2 Å². The predicted octanol–water partition coefficient (Wildman–Crippen LogP) is 3.26. The Hall–Kier alpha value is -2.90. The third kappa shape index (κ3) is 6.30. The molecule has 1 aliphatic rings. The zero-order valence-electron chi connectivity index (χ0n) is 17.0. The Labute approximate surface area is 176 Å². The molecule has 2 amide bonds. The van der Waals surface area contributed by atoms with Crippen molar-refractivity contribution in [3.63, 3.8) is 0 Å². The lowest BCUT2D eigenvalue weighted by atomic mass is 10.0. The van der Waals surface area contributed by atoms with Crippen LogP contribution in [-0.2, 0) is 11.3 Å². The molecule has 160 valence electrons. The van der Waals surface area contributed by atoms with Gasteiger partial charge >= 0.3 is 6.03 Å². The SMILES string of the molecule is C=CCOc1ccccc1CNC(=O)NCC(c1cccc(F)c1)N1CCOCC1. The highest BCUT2D eigenvalue weighted by Gasteiger charge is 2.23. The smallest absolute Gasteiger partial charge is 0.315 e. The molecule has 0 saturated carbocycles. The van der Waals surface area contributed by atoms with Gasteiger partial charge in [-0.2, -0.15) is 0 Å². The molecule has 30 heavy (non-hydrogen) atoms. The average molecular weight is 413 g/mol. The molecule has 0 aliphatic carbocycles. The van der Waals surface area contributed by atoms with Crippen molar-refractivity contribution >= 4 is 6.03 Å². The summed E-state index contributed by atoms with van der Waals surface area (Å²) >= 11 is 0. The van der Waals surface area contributed by atoms with Gasteiger partial charge < -0.3 is 20.1 Å². The molecule has 0 bridgehead atoms. The fourth-order valence-electron chi connectivity index (χ4n) is 3.43. The van der Waals surface area contributed by atoms with Crippen molar-refractivity contribution in [1.82, 2.24) is 15.5 Å². The molecular formula is C23H28FN3O3. The fourth-order valence-corrected chi connectivity index (χ4v) is 3.43. The Balaban J connectivity index is 1.58. The largest absolute Gasteiger partial charge is 0.489 e. The van der Waals surface area contributed by atoms with E-state index in [2.05, 4.69) is 22.1 Å². The zero-order valence-corrected chi connectivity index (χ0v) is 17.0. The number of carbonyl (C=O) groups excluding carboxylic acids is 1. The van der Waals surface area contributed by atoms with E-state index in [0.29, 0.717) is 38.7 Å². The second-order valence-corrected chi connectivity index (χ2v) is 6.99.